The van der Waals surface area contributed by atoms with Crippen molar-refractivity contribution in [1.29, 1.82) is 0 Å². The van der Waals surface area contributed by atoms with Crippen LogP contribution in [0.15, 0.2) is 12.1 Å². The first-order valence-electron chi connectivity index (χ1n) is 5.87. The van der Waals surface area contributed by atoms with Crippen molar-refractivity contribution in [1.82, 2.24) is 10.3 Å². The van der Waals surface area contributed by atoms with Gasteiger partial charge in [0.15, 0.2) is 0 Å². The van der Waals surface area contributed by atoms with Crippen LogP contribution in [-0.4, -0.2) is 36.1 Å². The third kappa shape index (κ3) is 2.86. The first-order valence-corrected chi connectivity index (χ1v) is 5.87. The lowest BCUT2D eigenvalue weighted by Gasteiger charge is -2.24. The fourth-order valence-corrected chi connectivity index (χ4v) is 1.96. The molecule has 0 unspecified atom stereocenters. The van der Waals surface area contributed by atoms with Gasteiger partial charge in [-0.1, -0.05) is 0 Å². The number of rotatable bonds is 4. The lowest BCUT2D eigenvalue weighted by molar-refractivity contribution is -0.384. The van der Waals surface area contributed by atoms with Crippen LogP contribution in [0, 0.1) is 10.1 Å². The second-order valence-corrected chi connectivity index (χ2v) is 4.15. The van der Waals surface area contributed by atoms with E-state index in [1.54, 1.807) is 0 Å². The number of hydrogen-bond acceptors (Lipinski definition) is 6. The number of methoxy groups -OCH3 is 1. The summed E-state index contributed by atoms with van der Waals surface area (Å²) in [6.07, 6.45) is 1.85. The number of nitrogens with zero attached hydrogens (tertiary/aromatic N) is 2. The predicted molar refractivity (Wildman–Crippen MR) is 67.0 cm³/mol. The molecule has 1 aliphatic heterocycles. The van der Waals surface area contributed by atoms with Gasteiger partial charge in [-0.25, -0.2) is 0 Å². The predicted octanol–water partition coefficient (Wildman–Crippen LogP) is 1.16. The van der Waals surface area contributed by atoms with Gasteiger partial charge in [-0.3, -0.25) is 10.1 Å². The Labute approximate surface area is 105 Å². The minimum Gasteiger partial charge on any atom is -0.481 e. The van der Waals surface area contributed by atoms with Crippen LogP contribution >= 0.6 is 0 Å². The molecule has 7 heteroatoms. The molecule has 7 nitrogen and oxygen atoms in total. The van der Waals surface area contributed by atoms with E-state index in [2.05, 4.69) is 15.6 Å². The molecular formula is C11H16N4O3. The van der Waals surface area contributed by atoms with Gasteiger partial charge in [0.2, 0.25) is 11.7 Å². The van der Waals surface area contributed by atoms with Crippen molar-refractivity contribution in [3.05, 3.63) is 22.2 Å². The summed E-state index contributed by atoms with van der Waals surface area (Å²) in [6.45, 7) is 1.82. The maximum Gasteiger partial charge on any atom is 0.311 e. The average molecular weight is 252 g/mol. The van der Waals surface area contributed by atoms with Crippen molar-refractivity contribution in [2.24, 2.45) is 0 Å². The molecule has 0 bridgehead atoms. The summed E-state index contributed by atoms with van der Waals surface area (Å²) in [7, 11) is 1.49. The highest BCUT2D eigenvalue weighted by molar-refractivity contribution is 5.57. The fraction of sp³-hybridized carbons (Fsp3) is 0.545. The standard InChI is InChI=1S/C11H16N4O3/c1-18-10-3-2-9(15(16)17)11(14-10)13-8-4-6-12-7-5-8/h2-3,8,12H,4-7H2,1H3,(H,13,14). The molecule has 2 heterocycles. The second-order valence-electron chi connectivity index (χ2n) is 4.15. The van der Waals surface area contributed by atoms with Gasteiger partial charge in [-0.2, -0.15) is 4.98 Å². The Morgan fingerprint density at radius 1 is 1.50 bits per heavy atom. The SMILES string of the molecule is COc1ccc([N+](=O)[O-])c(NC2CCNCC2)n1. The Balaban J connectivity index is 2.19. The number of nitrogens with one attached hydrogen (secondary N) is 2. The molecule has 1 aliphatic rings. The lowest BCUT2D eigenvalue weighted by Crippen LogP contribution is -2.35. The van der Waals surface area contributed by atoms with Gasteiger partial charge in [0.05, 0.1) is 12.0 Å². The van der Waals surface area contributed by atoms with Crippen molar-refractivity contribution in [2.75, 3.05) is 25.5 Å². The van der Waals surface area contributed by atoms with Crippen LogP contribution in [0.1, 0.15) is 12.8 Å². The van der Waals surface area contributed by atoms with Gasteiger partial charge in [-0.05, 0) is 25.9 Å². The van der Waals surface area contributed by atoms with Crippen LogP contribution in [0.3, 0.4) is 0 Å². The van der Waals surface area contributed by atoms with Crippen molar-refractivity contribution < 1.29 is 9.66 Å². The van der Waals surface area contributed by atoms with Gasteiger partial charge >= 0.3 is 5.69 Å². The molecule has 2 rings (SSSR count). The van der Waals surface area contributed by atoms with Crippen LogP contribution in [0.25, 0.3) is 0 Å². The largest absolute Gasteiger partial charge is 0.481 e. The van der Waals surface area contributed by atoms with Gasteiger partial charge in [0.1, 0.15) is 0 Å². The summed E-state index contributed by atoms with van der Waals surface area (Å²) < 4.78 is 4.99. The molecule has 0 saturated carbocycles. The quantitative estimate of drug-likeness (QED) is 0.617. The first kappa shape index (κ1) is 12.6. The molecule has 0 spiro atoms. The number of piperidine rings is 1. The van der Waals surface area contributed by atoms with Crippen molar-refractivity contribution in [2.45, 2.75) is 18.9 Å². The molecule has 2 N–H and O–H groups in total. The summed E-state index contributed by atoms with van der Waals surface area (Å²) >= 11 is 0. The molecule has 0 aromatic carbocycles. The third-order valence-electron chi connectivity index (χ3n) is 2.93. The normalized spacial score (nSPS) is 16.3. The number of ether oxygens (including phenoxy) is 1. The molecule has 1 aromatic heterocycles. The summed E-state index contributed by atoms with van der Waals surface area (Å²) in [5.41, 5.74) is -0.0191. The van der Waals surface area contributed by atoms with Crippen LogP contribution in [0.2, 0.25) is 0 Å². The molecule has 1 fully saturated rings. The zero-order valence-corrected chi connectivity index (χ0v) is 10.2. The second kappa shape index (κ2) is 5.63. The van der Waals surface area contributed by atoms with Gasteiger partial charge in [0, 0.05) is 18.2 Å². The molecule has 98 valence electrons. The summed E-state index contributed by atoms with van der Waals surface area (Å²) in [5.74, 6) is 0.656. The van der Waals surface area contributed by atoms with Crippen molar-refractivity contribution >= 4 is 11.5 Å². The number of hydrogen-bond donors (Lipinski definition) is 2. The third-order valence-corrected chi connectivity index (χ3v) is 2.93. The van der Waals surface area contributed by atoms with Crippen molar-refractivity contribution in [3.63, 3.8) is 0 Å². The highest BCUT2D eigenvalue weighted by Gasteiger charge is 2.20. The molecule has 18 heavy (non-hydrogen) atoms. The number of aromatic nitrogens is 1. The number of pyridine rings is 1. The molecule has 0 amide bonds. The zero-order chi connectivity index (χ0) is 13.0. The monoisotopic (exact) mass is 252 g/mol. The Morgan fingerprint density at radius 3 is 2.83 bits per heavy atom. The Morgan fingerprint density at radius 2 is 2.22 bits per heavy atom. The summed E-state index contributed by atoms with van der Waals surface area (Å²) in [6, 6.07) is 3.12. The van der Waals surface area contributed by atoms with E-state index < -0.39 is 4.92 Å². The number of anilines is 1. The number of nitro groups is 1. The van der Waals surface area contributed by atoms with Gasteiger partial charge in [-0.15, -0.1) is 0 Å². The van der Waals surface area contributed by atoms with Crippen molar-refractivity contribution in [3.8, 4) is 5.88 Å². The van der Waals surface area contributed by atoms with Crippen LogP contribution in [-0.2, 0) is 0 Å². The average Bonchev–Trinajstić information content (AvgIpc) is 2.39. The fourth-order valence-electron chi connectivity index (χ4n) is 1.96. The van der Waals surface area contributed by atoms with Gasteiger partial charge < -0.3 is 15.4 Å². The Hall–Kier alpha value is -1.89. The molecule has 1 saturated heterocycles. The summed E-state index contributed by atoms with van der Waals surface area (Å²) in [4.78, 5) is 14.6. The Bertz CT molecular complexity index is 432. The van der Waals surface area contributed by atoms with Crippen LogP contribution in [0.4, 0.5) is 11.5 Å². The van der Waals surface area contributed by atoms with E-state index in [0.717, 1.165) is 25.9 Å². The summed E-state index contributed by atoms with van der Waals surface area (Å²) in [5, 5.41) is 17.3. The minimum absolute atomic E-state index is 0.0191. The zero-order valence-electron chi connectivity index (χ0n) is 10.2. The lowest BCUT2D eigenvalue weighted by atomic mass is 10.1. The Kier molecular flexibility index (Phi) is 3.93. The maximum absolute atomic E-state index is 10.9. The van der Waals surface area contributed by atoms with Gasteiger partial charge in [0.25, 0.3) is 0 Å². The highest BCUT2D eigenvalue weighted by atomic mass is 16.6. The van der Waals surface area contributed by atoms with E-state index in [4.69, 9.17) is 4.74 Å². The topological polar surface area (TPSA) is 89.3 Å². The van der Waals surface area contributed by atoms with Crippen LogP contribution < -0.4 is 15.4 Å². The van der Waals surface area contributed by atoms with E-state index in [-0.39, 0.29) is 17.5 Å². The van der Waals surface area contributed by atoms with E-state index in [0.29, 0.717) is 5.88 Å². The van der Waals surface area contributed by atoms with E-state index in [1.165, 1.54) is 19.2 Å². The first-order chi connectivity index (χ1) is 8.70. The smallest absolute Gasteiger partial charge is 0.311 e. The van der Waals surface area contributed by atoms with Crippen LogP contribution in [0.5, 0.6) is 5.88 Å². The highest BCUT2D eigenvalue weighted by Crippen LogP contribution is 2.26. The molecular weight excluding hydrogens is 236 g/mol. The van der Waals surface area contributed by atoms with E-state index in [1.807, 2.05) is 0 Å². The molecule has 0 aliphatic carbocycles. The minimum atomic E-state index is -0.435. The molecule has 0 atom stereocenters. The molecule has 0 radical (unpaired) electrons. The van der Waals surface area contributed by atoms with E-state index >= 15 is 0 Å². The maximum atomic E-state index is 10.9. The molecule has 1 aromatic rings. The van der Waals surface area contributed by atoms with E-state index in [9.17, 15) is 10.1 Å².